The minimum atomic E-state index is 0.243. The van der Waals surface area contributed by atoms with Crippen LogP contribution in [-0.2, 0) is 6.42 Å². The lowest BCUT2D eigenvalue weighted by atomic mass is 9.93. The van der Waals surface area contributed by atoms with Gasteiger partial charge in [-0.2, -0.15) is 5.10 Å². The number of hydrogen-bond acceptors (Lipinski definition) is 6. The third kappa shape index (κ3) is 4.52. The number of aromatic nitrogens is 2. The van der Waals surface area contributed by atoms with Crippen LogP contribution in [0, 0.1) is 5.92 Å². The summed E-state index contributed by atoms with van der Waals surface area (Å²) in [5.74, 6) is 2.01. The van der Waals surface area contributed by atoms with Crippen molar-refractivity contribution in [3.63, 3.8) is 0 Å². The van der Waals surface area contributed by atoms with Crippen LogP contribution in [0.15, 0.2) is 30.3 Å². The van der Waals surface area contributed by atoms with Crippen LogP contribution in [0.2, 0.25) is 10.0 Å². The first kappa shape index (κ1) is 21.9. The number of nitrogens with two attached hydrogens (primary N) is 1. The Bertz CT molecular complexity index is 1080. The molecule has 1 aliphatic rings. The highest BCUT2D eigenvalue weighted by molar-refractivity contribution is 6.35. The topological polar surface area (TPSA) is 84.5 Å². The van der Waals surface area contributed by atoms with E-state index in [9.17, 15) is 5.11 Å². The number of rotatable bonds is 6. The largest absolute Gasteiger partial charge is 0.495 e. The van der Waals surface area contributed by atoms with Crippen molar-refractivity contribution in [1.82, 2.24) is 10.2 Å². The quantitative estimate of drug-likeness (QED) is 0.517. The number of piperidine rings is 1. The van der Waals surface area contributed by atoms with E-state index in [1.807, 2.05) is 30.3 Å². The summed E-state index contributed by atoms with van der Waals surface area (Å²) in [6, 6.07) is 9.46. The van der Waals surface area contributed by atoms with Gasteiger partial charge in [-0.1, -0.05) is 29.3 Å². The van der Waals surface area contributed by atoms with Crippen molar-refractivity contribution in [1.29, 1.82) is 0 Å². The van der Waals surface area contributed by atoms with Gasteiger partial charge in [0, 0.05) is 36.9 Å². The highest BCUT2D eigenvalue weighted by Gasteiger charge is 2.23. The van der Waals surface area contributed by atoms with E-state index in [1.54, 1.807) is 7.11 Å². The highest BCUT2D eigenvalue weighted by atomic mass is 35.5. The summed E-state index contributed by atoms with van der Waals surface area (Å²) in [7, 11) is 1.59. The number of hydrogen-bond donors (Lipinski definition) is 2. The molecule has 8 heteroatoms. The van der Waals surface area contributed by atoms with Gasteiger partial charge in [0.25, 0.3) is 0 Å². The summed E-state index contributed by atoms with van der Waals surface area (Å²) in [5.41, 5.74) is 8.67. The van der Waals surface area contributed by atoms with E-state index in [0.717, 1.165) is 60.2 Å². The summed E-state index contributed by atoms with van der Waals surface area (Å²) in [6.45, 7) is 2.00. The highest BCUT2D eigenvalue weighted by Crippen LogP contribution is 2.37. The monoisotopic (exact) mass is 460 g/mol. The van der Waals surface area contributed by atoms with Crippen LogP contribution in [-0.4, -0.2) is 42.1 Å². The number of aliphatic hydroxyl groups excluding tert-OH is 1. The molecule has 0 aliphatic carbocycles. The lowest BCUT2D eigenvalue weighted by Gasteiger charge is -2.33. The fourth-order valence-electron chi connectivity index (χ4n) is 4.29. The number of nitrogens with zero attached hydrogens (tertiary/aromatic N) is 3. The van der Waals surface area contributed by atoms with Gasteiger partial charge in [-0.15, -0.1) is 5.10 Å². The maximum Gasteiger partial charge on any atom is 0.159 e. The van der Waals surface area contributed by atoms with Gasteiger partial charge in [0.05, 0.1) is 28.5 Å². The van der Waals surface area contributed by atoms with Gasteiger partial charge in [0.1, 0.15) is 5.75 Å². The van der Waals surface area contributed by atoms with Gasteiger partial charge >= 0.3 is 0 Å². The zero-order valence-electron chi connectivity index (χ0n) is 17.4. The lowest BCUT2D eigenvalue weighted by Crippen LogP contribution is -2.35. The van der Waals surface area contributed by atoms with E-state index in [-0.39, 0.29) is 6.61 Å². The minimum Gasteiger partial charge on any atom is -0.495 e. The van der Waals surface area contributed by atoms with Crippen LogP contribution in [0.25, 0.3) is 10.8 Å². The molecule has 0 amide bonds. The molecule has 3 N–H and O–H groups in total. The van der Waals surface area contributed by atoms with Crippen molar-refractivity contribution in [3.8, 4) is 5.75 Å². The predicted octanol–water partition coefficient (Wildman–Crippen LogP) is 4.72. The molecule has 6 nitrogen and oxygen atoms in total. The van der Waals surface area contributed by atoms with E-state index < -0.39 is 0 Å². The number of methoxy groups -OCH3 is 1. The zero-order valence-corrected chi connectivity index (χ0v) is 19.0. The number of nitrogen functional groups attached to an aromatic ring is 1. The Balaban J connectivity index is 1.71. The summed E-state index contributed by atoms with van der Waals surface area (Å²) in [4.78, 5) is 2.25. The van der Waals surface area contributed by atoms with E-state index in [4.69, 9.17) is 33.7 Å². The van der Waals surface area contributed by atoms with Crippen molar-refractivity contribution in [3.05, 3.63) is 51.6 Å². The smallest absolute Gasteiger partial charge is 0.159 e. The van der Waals surface area contributed by atoms with E-state index in [2.05, 4.69) is 15.1 Å². The van der Waals surface area contributed by atoms with Crippen molar-refractivity contribution < 1.29 is 9.84 Å². The second-order valence-electron chi connectivity index (χ2n) is 7.94. The molecular formula is C23H26Cl2N4O2. The second kappa shape index (κ2) is 9.47. The SMILES string of the molecule is COc1ccc(Cc2nnc(N3CCC(CCO)CC3)c3ccc(Cl)c(N)c23)cc1Cl. The van der Waals surface area contributed by atoms with Crippen LogP contribution in [0.5, 0.6) is 5.75 Å². The fraction of sp³-hybridized carbons (Fsp3) is 0.391. The molecule has 0 unspecified atom stereocenters. The molecule has 1 aliphatic heterocycles. The molecule has 0 atom stereocenters. The van der Waals surface area contributed by atoms with Crippen LogP contribution in [0.1, 0.15) is 30.5 Å². The Morgan fingerprint density at radius 2 is 1.90 bits per heavy atom. The van der Waals surface area contributed by atoms with Crippen molar-refractivity contribution in [2.75, 3.05) is 37.4 Å². The maximum atomic E-state index is 9.22. The van der Waals surface area contributed by atoms with E-state index >= 15 is 0 Å². The number of halogens is 2. The van der Waals surface area contributed by atoms with Crippen molar-refractivity contribution in [2.24, 2.45) is 5.92 Å². The van der Waals surface area contributed by atoms with Gasteiger partial charge in [-0.25, -0.2) is 0 Å². The molecule has 4 rings (SSSR count). The molecule has 0 saturated carbocycles. The van der Waals surface area contributed by atoms with Gasteiger partial charge in [0.2, 0.25) is 0 Å². The minimum absolute atomic E-state index is 0.243. The summed E-state index contributed by atoms with van der Waals surface area (Å²) in [5, 5.41) is 21.2. The third-order valence-corrected chi connectivity index (χ3v) is 6.65. The Labute approximate surface area is 191 Å². The normalized spacial score (nSPS) is 14.9. The molecule has 1 aromatic heterocycles. The third-order valence-electron chi connectivity index (χ3n) is 6.03. The number of benzene rings is 2. The second-order valence-corrected chi connectivity index (χ2v) is 8.76. The lowest BCUT2D eigenvalue weighted by molar-refractivity contribution is 0.240. The summed E-state index contributed by atoms with van der Waals surface area (Å²) in [6.07, 6.45) is 3.43. The summed E-state index contributed by atoms with van der Waals surface area (Å²) >= 11 is 12.7. The van der Waals surface area contributed by atoms with Crippen LogP contribution in [0.4, 0.5) is 11.5 Å². The average molecular weight is 461 g/mol. The molecule has 164 valence electrons. The number of aliphatic hydroxyl groups is 1. The van der Waals surface area contributed by atoms with Crippen LogP contribution >= 0.6 is 23.2 Å². The first-order valence-corrected chi connectivity index (χ1v) is 11.2. The molecule has 2 heterocycles. The molecule has 0 bridgehead atoms. The standard InChI is InChI=1S/C23H26Cl2N4O2/c1-31-20-5-2-15(12-18(20)25)13-19-21-16(3-4-17(24)22(21)26)23(28-27-19)29-9-6-14(7-10-29)8-11-30/h2-5,12,14,30H,6-11,13,26H2,1H3. The van der Waals surface area contributed by atoms with E-state index in [1.165, 1.54) is 0 Å². The fourth-order valence-corrected chi connectivity index (χ4v) is 4.73. The zero-order chi connectivity index (χ0) is 22.0. The molecule has 31 heavy (non-hydrogen) atoms. The Hall–Kier alpha value is -2.28. The molecular weight excluding hydrogens is 435 g/mol. The molecule has 1 saturated heterocycles. The number of fused-ring (bicyclic) bond motifs is 1. The average Bonchev–Trinajstić information content (AvgIpc) is 2.77. The Morgan fingerprint density at radius 1 is 1.13 bits per heavy atom. The predicted molar refractivity (Wildman–Crippen MR) is 126 cm³/mol. The van der Waals surface area contributed by atoms with Crippen molar-refractivity contribution >= 4 is 45.5 Å². The van der Waals surface area contributed by atoms with Gasteiger partial charge in [-0.05, 0) is 55.0 Å². The molecule has 2 aromatic carbocycles. The first-order valence-electron chi connectivity index (χ1n) is 10.4. The first-order chi connectivity index (χ1) is 15.0. The van der Waals surface area contributed by atoms with Crippen LogP contribution < -0.4 is 15.4 Å². The number of ether oxygens (including phenoxy) is 1. The molecule has 0 radical (unpaired) electrons. The molecule has 1 fully saturated rings. The number of anilines is 2. The van der Waals surface area contributed by atoms with Crippen LogP contribution in [0.3, 0.4) is 0 Å². The summed E-state index contributed by atoms with van der Waals surface area (Å²) < 4.78 is 5.24. The van der Waals surface area contributed by atoms with Gasteiger partial charge < -0.3 is 20.5 Å². The maximum absolute atomic E-state index is 9.22. The molecule has 3 aromatic rings. The van der Waals surface area contributed by atoms with Crippen molar-refractivity contribution in [2.45, 2.75) is 25.7 Å². The Morgan fingerprint density at radius 3 is 2.58 bits per heavy atom. The van der Waals surface area contributed by atoms with E-state index in [0.29, 0.717) is 33.8 Å². The van der Waals surface area contributed by atoms with Gasteiger partial charge in [0.15, 0.2) is 5.82 Å². The Kier molecular flexibility index (Phi) is 6.70. The van der Waals surface area contributed by atoms with Gasteiger partial charge in [-0.3, -0.25) is 0 Å². The molecule has 0 spiro atoms.